The summed E-state index contributed by atoms with van der Waals surface area (Å²) in [5.41, 5.74) is 0. The molecule has 84 valence electrons. The molecule has 1 aliphatic carbocycles. The Bertz CT molecular complexity index is 274. The highest BCUT2D eigenvalue weighted by Gasteiger charge is 2.34. The number of ketones is 2. The molecule has 2 atom stereocenters. The van der Waals surface area contributed by atoms with Crippen LogP contribution in [0.5, 0.6) is 0 Å². The van der Waals surface area contributed by atoms with Crippen LogP contribution >= 0.6 is 0 Å². The minimum Gasteiger partial charge on any atom is -0.463 e. The van der Waals surface area contributed by atoms with Crippen LogP contribution in [-0.4, -0.2) is 23.6 Å². The Kier molecular flexibility index (Phi) is 4.00. The molecule has 1 fully saturated rings. The Balaban J connectivity index is 2.59. The van der Waals surface area contributed by atoms with Gasteiger partial charge in [0.25, 0.3) is 0 Å². The van der Waals surface area contributed by atoms with Crippen LogP contribution in [0.15, 0.2) is 0 Å². The van der Waals surface area contributed by atoms with Crippen LogP contribution in [0.25, 0.3) is 0 Å². The van der Waals surface area contributed by atoms with Crippen molar-refractivity contribution in [3.8, 4) is 0 Å². The molecule has 2 unspecified atom stereocenters. The third-order valence-electron chi connectivity index (χ3n) is 2.67. The molecule has 0 aromatic carbocycles. The Hall–Kier alpha value is -1.19. The van der Waals surface area contributed by atoms with Gasteiger partial charge in [-0.3, -0.25) is 14.4 Å². The van der Waals surface area contributed by atoms with Gasteiger partial charge in [-0.2, -0.15) is 0 Å². The van der Waals surface area contributed by atoms with E-state index < -0.39 is 5.92 Å². The minimum atomic E-state index is -0.548. The van der Waals surface area contributed by atoms with Crippen molar-refractivity contribution in [3.05, 3.63) is 0 Å². The van der Waals surface area contributed by atoms with Gasteiger partial charge < -0.3 is 4.74 Å². The van der Waals surface area contributed by atoms with Crippen molar-refractivity contribution in [1.82, 2.24) is 0 Å². The van der Waals surface area contributed by atoms with Gasteiger partial charge >= 0.3 is 5.97 Å². The van der Waals surface area contributed by atoms with Crippen LogP contribution < -0.4 is 0 Å². The van der Waals surface area contributed by atoms with Gasteiger partial charge in [-0.05, 0) is 6.42 Å². The van der Waals surface area contributed by atoms with Gasteiger partial charge in [0, 0.05) is 26.2 Å². The Morgan fingerprint density at radius 3 is 2.67 bits per heavy atom. The van der Waals surface area contributed by atoms with E-state index >= 15 is 0 Å². The van der Waals surface area contributed by atoms with E-state index in [-0.39, 0.29) is 23.6 Å². The van der Waals surface area contributed by atoms with Crippen molar-refractivity contribution in [1.29, 1.82) is 0 Å². The third kappa shape index (κ3) is 3.15. The summed E-state index contributed by atoms with van der Waals surface area (Å²) >= 11 is 0. The largest absolute Gasteiger partial charge is 0.463 e. The molecule has 0 N–H and O–H groups in total. The SMILES string of the molecule is CCC(=O)C1CC(OC(C)=O)CCC1=O. The van der Waals surface area contributed by atoms with Crippen LogP contribution in [0.1, 0.15) is 39.5 Å². The standard InChI is InChI=1S/C11H16O4/c1-3-10(13)9-6-8(15-7(2)12)4-5-11(9)14/h8-9H,3-6H2,1-2H3. The van der Waals surface area contributed by atoms with Crippen LogP contribution in [0, 0.1) is 5.92 Å². The van der Waals surface area contributed by atoms with Gasteiger partial charge in [-0.1, -0.05) is 6.92 Å². The topological polar surface area (TPSA) is 60.4 Å². The molecule has 4 nitrogen and oxygen atoms in total. The second-order valence-electron chi connectivity index (χ2n) is 3.84. The first-order valence-corrected chi connectivity index (χ1v) is 5.27. The fourth-order valence-corrected chi connectivity index (χ4v) is 1.89. The second kappa shape index (κ2) is 5.05. The van der Waals surface area contributed by atoms with E-state index in [1.165, 1.54) is 6.92 Å². The number of hydrogen-bond acceptors (Lipinski definition) is 4. The molecular weight excluding hydrogens is 196 g/mol. The number of rotatable bonds is 3. The lowest BCUT2D eigenvalue weighted by Crippen LogP contribution is -2.35. The van der Waals surface area contributed by atoms with Crippen LogP contribution in [0.3, 0.4) is 0 Å². The molecule has 0 aliphatic heterocycles. The summed E-state index contributed by atoms with van der Waals surface area (Å²) in [5, 5.41) is 0. The Morgan fingerprint density at radius 1 is 1.47 bits per heavy atom. The molecule has 0 spiro atoms. The molecule has 15 heavy (non-hydrogen) atoms. The van der Waals surface area contributed by atoms with Crippen molar-refractivity contribution < 1.29 is 19.1 Å². The number of hydrogen-bond donors (Lipinski definition) is 0. The van der Waals surface area contributed by atoms with Gasteiger partial charge in [0.1, 0.15) is 17.7 Å². The second-order valence-corrected chi connectivity index (χ2v) is 3.84. The molecule has 0 saturated heterocycles. The summed E-state index contributed by atoms with van der Waals surface area (Å²) in [6.45, 7) is 3.08. The zero-order chi connectivity index (χ0) is 11.4. The maximum atomic E-state index is 11.5. The molecule has 0 radical (unpaired) electrons. The lowest BCUT2D eigenvalue weighted by molar-refractivity contribution is -0.153. The Morgan fingerprint density at radius 2 is 2.13 bits per heavy atom. The molecule has 0 aromatic rings. The van der Waals surface area contributed by atoms with E-state index in [9.17, 15) is 14.4 Å². The molecule has 4 heteroatoms. The summed E-state index contributed by atoms with van der Waals surface area (Å²) in [7, 11) is 0. The van der Waals surface area contributed by atoms with Crippen molar-refractivity contribution in [2.75, 3.05) is 0 Å². The zero-order valence-corrected chi connectivity index (χ0v) is 9.12. The molecular formula is C11H16O4. The number of Topliss-reactive ketones (excluding diaryl/α,β-unsaturated/α-hetero) is 2. The van der Waals surface area contributed by atoms with Crippen LogP contribution in [0.4, 0.5) is 0 Å². The molecule has 0 aromatic heterocycles. The van der Waals surface area contributed by atoms with Crippen molar-refractivity contribution in [2.45, 2.75) is 45.6 Å². The summed E-state index contributed by atoms with van der Waals surface area (Å²) in [6, 6.07) is 0. The van der Waals surface area contributed by atoms with Gasteiger partial charge in [-0.15, -0.1) is 0 Å². The maximum absolute atomic E-state index is 11.5. The number of carbonyl (C=O) groups excluding carboxylic acids is 3. The van der Waals surface area contributed by atoms with E-state index in [0.717, 1.165) is 0 Å². The van der Waals surface area contributed by atoms with Gasteiger partial charge in [0.2, 0.25) is 0 Å². The first-order valence-electron chi connectivity index (χ1n) is 5.27. The molecule has 1 aliphatic rings. The molecule has 0 bridgehead atoms. The lowest BCUT2D eigenvalue weighted by Gasteiger charge is -2.26. The van der Waals surface area contributed by atoms with Crippen molar-refractivity contribution in [3.63, 3.8) is 0 Å². The summed E-state index contributed by atoms with van der Waals surface area (Å²) < 4.78 is 5.02. The molecule has 0 amide bonds. The number of esters is 1. The summed E-state index contributed by atoms with van der Waals surface area (Å²) in [4.78, 5) is 33.7. The molecule has 1 saturated carbocycles. The first kappa shape index (κ1) is 11.9. The van der Waals surface area contributed by atoms with Crippen molar-refractivity contribution >= 4 is 17.5 Å². The number of ether oxygens (including phenoxy) is 1. The van der Waals surface area contributed by atoms with E-state index in [0.29, 0.717) is 25.7 Å². The zero-order valence-electron chi connectivity index (χ0n) is 9.12. The average molecular weight is 212 g/mol. The highest BCUT2D eigenvalue weighted by atomic mass is 16.5. The minimum absolute atomic E-state index is 0.00903. The predicted molar refractivity (Wildman–Crippen MR) is 53.2 cm³/mol. The summed E-state index contributed by atoms with van der Waals surface area (Å²) in [5.74, 6) is -0.952. The fraction of sp³-hybridized carbons (Fsp3) is 0.727. The van der Waals surface area contributed by atoms with E-state index in [2.05, 4.69) is 0 Å². The average Bonchev–Trinajstić information content (AvgIpc) is 2.19. The maximum Gasteiger partial charge on any atom is 0.302 e. The highest BCUT2D eigenvalue weighted by molar-refractivity contribution is 6.02. The fourth-order valence-electron chi connectivity index (χ4n) is 1.89. The smallest absolute Gasteiger partial charge is 0.302 e. The normalized spacial score (nSPS) is 26.1. The molecule has 0 heterocycles. The van der Waals surface area contributed by atoms with Crippen molar-refractivity contribution in [2.24, 2.45) is 5.92 Å². The van der Waals surface area contributed by atoms with E-state index in [1.807, 2.05) is 0 Å². The first-order chi connectivity index (χ1) is 7.04. The Labute approximate surface area is 89.0 Å². The van der Waals surface area contributed by atoms with Gasteiger partial charge in [-0.25, -0.2) is 0 Å². The lowest BCUT2D eigenvalue weighted by atomic mass is 9.82. The van der Waals surface area contributed by atoms with Crippen LogP contribution in [0.2, 0.25) is 0 Å². The number of carbonyl (C=O) groups is 3. The monoisotopic (exact) mass is 212 g/mol. The quantitative estimate of drug-likeness (QED) is 0.522. The van der Waals surface area contributed by atoms with E-state index in [1.54, 1.807) is 6.92 Å². The van der Waals surface area contributed by atoms with Gasteiger partial charge in [0.05, 0.1) is 5.92 Å². The van der Waals surface area contributed by atoms with Gasteiger partial charge in [0.15, 0.2) is 0 Å². The highest BCUT2D eigenvalue weighted by Crippen LogP contribution is 2.25. The third-order valence-corrected chi connectivity index (χ3v) is 2.67. The summed E-state index contributed by atoms with van der Waals surface area (Å²) in [6.07, 6.45) is 1.36. The predicted octanol–water partition coefficient (Wildman–Crippen LogP) is 1.27. The van der Waals surface area contributed by atoms with Crippen LogP contribution in [-0.2, 0) is 19.1 Å². The van der Waals surface area contributed by atoms with E-state index in [4.69, 9.17) is 4.74 Å². The molecule has 1 rings (SSSR count).